The van der Waals surface area contributed by atoms with Crippen LogP contribution in [0, 0.1) is 0 Å². The number of phenols is 1. The summed E-state index contributed by atoms with van der Waals surface area (Å²) in [6.45, 7) is 3.35. The van der Waals surface area contributed by atoms with Crippen molar-refractivity contribution in [2.45, 2.75) is 45.1 Å². The summed E-state index contributed by atoms with van der Waals surface area (Å²) in [6.07, 6.45) is 4.28. The van der Waals surface area contributed by atoms with E-state index in [1.165, 1.54) is 5.56 Å². The summed E-state index contributed by atoms with van der Waals surface area (Å²) in [5, 5.41) is 16.4. The summed E-state index contributed by atoms with van der Waals surface area (Å²) in [5.41, 5.74) is 2.68. The highest BCUT2D eigenvalue weighted by Crippen LogP contribution is 2.27. The number of aromatic nitrogens is 1. The summed E-state index contributed by atoms with van der Waals surface area (Å²) >= 11 is 1.10. The molecule has 3 rings (SSSR count). The van der Waals surface area contributed by atoms with Crippen LogP contribution in [0.5, 0.6) is 5.75 Å². The lowest BCUT2D eigenvalue weighted by molar-refractivity contribution is -0.123. The van der Waals surface area contributed by atoms with Crippen LogP contribution in [0.1, 0.15) is 37.3 Å². The van der Waals surface area contributed by atoms with Gasteiger partial charge in [-0.15, -0.1) is 0 Å². The molecule has 1 atom stereocenters. The Morgan fingerprint density at radius 1 is 1.13 bits per heavy atom. The normalized spacial score (nSPS) is 12.2. The molecule has 0 saturated carbocycles. The number of H-pyrrole nitrogens is 1. The van der Waals surface area contributed by atoms with Gasteiger partial charge >= 0.3 is 4.87 Å². The number of hydrogen-bond donors (Lipinski definition) is 4. The molecule has 4 N–H and O–H groups in total. The van der Waals surface area contributed by atoms with E-state index in [1.807, 2.05) is 24.3 Å². The highest BCUT2D eigenvalue weighted by Gasteiger charge is 2.17. The van der Waals surface area contributed by atoms with Gasteiger partial charge in [-0.3, -0.25) is 9.59 Å². The van der Waals surface area contributed by atoms with Crippen molar-refractivity contribution in [2.75, 3.05) is 13.1 Å². The van der Waals surface area contributed by atoms with Crippen LogP contribution in [0.4, 0.5) is 0 Å². The Labute approximate surface area is 180 Å². The van der Waals surface area contributed by atoms with Crippen molar-refractivity contribution in [1.82, 2.24) is 15.6 Å². The predicted molar refractivity (Wildman–Crippen MR) is 122 cm³/mol. The van der Waals surface area contributed by atoms with Crippen LogP contribution in [0.25, 0.3) is 10.2 Å². The average Bonchev–Trinajstić information content (AvgIpc) is 3.15. The molecule has 1 amide bonds. The maximum Gasteiger partial charge on any atom is 0.305 e. The van der Waals surface area contributed by atoms with Gasteiger partial charge in [0.1, 0.15) is 11.3 Å². The number of rotatable bonds is 11. The molecule has 1 heterocycles. The first-order chi connectivity index (χ1) is 14.6. The standard InChI is InChI=1S/C23H29N3O3S/c1-2-3-9-18(22(28)25-14-12-16-7-5-4-6-8-16)24-15-13-17-10-11-19(27)20-21(17)30-23(29)26-20/h4-8,10-11,18,24,27H,2-3,9,12-15H2,1H3,(H,25,28)(H,26,29). The highest BCUT2D eigenvalue weighted by molar-refractivity contribution is 7.16. The first-order valence-corrected chi connectivity index (χ1v) is 11.3. The lowest BCUT2D eigenvalue weighted by atomic mass is 10.1. The van der Waals surface area contributed by atoms with Crippen LogP contribution in [0.3, 0.4) is 0 Å². The first kappa shape index (κ1) is 22.1. The summed E-state index contributed by atoms with van der Waals surface area (Å²) in [7, 11) is 0. The van der Waals surface area contributed by atoms with E-state index in [9.17, 15) is 14.7 Å². The predicted octanol–water partition coefficient (Wildman–Crippen LogP) is 3.35. The molecule has 1 unspecified atom stereocenters. The first-order valence-electron chi connectivity index (χ1n) is 10.5. The minimum absolute atomic E-state index is 0.0292. The number of thiazole rings is 1. The van der Waals surface area contributed by atoms with E-state index in [2.05, 4.69) is 34.7 Å². The number of phenolic OH excluding ortho intramolecular Hbond substituents is 1. The summed E-state index contributed by atoms with van der Waals surface area (Å²) in [4.78, 5) is 26.9. The molecule has 0 saturated heterocycles. The van der Waals surface area contributed by atoms with Crippen molar-refractivity contribution in [3.8, 4) is 5.75 Å². The van der Waals surface area contributed by atoms with Gasteiger partial charge in [0.15, 0.2) is 0 Å². The smallest absolute Gasteiger partial charge is 0.305 e. The lowest BCUT2D eigenvalue weighted by Crippen LogP contribution is -2.45. The number of aromatic amines is 1. The molecule has 7 heteroatoms. The molecule has 3 aromatic rings. The number of carbonyl (C=O) groups excluding carboxylic acids is 1. The van der Waals surface area contributed by atoms with Gasteiger partial charge in [0.2, 0.25) is 5.91 Å². The van der Waals surface area contributed by atoms with Gasteiger partial charge in [-0.25, -0.2) is 0 Å². The van der Waals surface area contributed by atoms with Gasteiger partial charge in [0.25, 0.3) is 0 Å². The number of aromatic hydroxyl groups is 1. The minimum atomic E-state index is -0.238. The molecule has 0 radical (unpaired) electrons. The van der Waals surface area contributed by atoms with Gasteiger partial charge in [-0.2, -0.15) is 0 Å². The van der Waals surface area contributed by atoms with E-state index < -0.39 is 0 Å². The molecule has 1 aromatic heterocycles. The molecule has 0 bridgehead atoms. The fourth-order valence-electron chi connectivity index (χ4n) is 3.48. The van der Waals surface area contributed by atoms with E-state index in [1.54, 1.807) is 6.07 Å². The lowest BCUT2D eigenvalue weighted by Gasteiger charge is -2.18. The van der Waals surface area contributed by atoms with E-state index in [0.29, 0.717) is 25.0 Å². The number of hydrogen-bond acceptors (Lipinski definition) is 5. The van der Waals surface area contributed by atoms with Crippen molar-refractivity contribution in [3.63, 3.8) is 0 Å². The Kier molecular flexibility index (Phi) is 8.04. The fraction of sp³-hybridized carbons (Fsp3) is 0.391. The molecule has 0 fully saturated rings. The zero-order valence-corrected chi connectivity index (χ0v) is 18.1. The maximum atomic E-state index is 12.7. The molecule has 0 aliphatic rings. The number of fused-ring (bicyclic) bond motifs is 1. The number of carbonyl (C=O) groups is 1. The van der Waals surface area contributed by atoms with Gasteiger partial charge in [-0.1, -0.05) is 67.5 Å². The van der Waals surface area contributed by atoms with Crippen LogP contribution >= 0.6 is 11.3 Å². The molecule has 160 valence electrons. The van der Waals surface area contributed by atoms with E-state index in [-0.39, 0.29) is 22.6 Å². The van der Waals surface area contributed by atoms with Crippen molar-refractivity contribution < 1.29 is 9.90 Å². The third-order valence-corrected chi connectivity index (χ3v) is 6.10. The molecule has 30 heavy (non-hydrogen) atoms. The highest BCUT2D eigenvalue weighted by atomic mass is 32.1. The Bertz CT molecular complexity index is 1010. The second-order valence-electron chi connectivity index (χ2n) is 7.39. The molecule has 2 aromatic carbocycles. The third-order valence-electron chi connectivity index (χ3n) is 5.14. The van der Waals surface area contributed by atoms with Gasteiger partial charge in [-0.05, 0) is 43.0 Å². The van der Waals surface area contributed by atoms with Crippen molar-refractivity contribution in [1.29, 1.82) is 0 Å². The van der Waals surface area contributed by atoms with E-state index in [4.69, 9.17) is 0 Å². The van der Waals surface area contributed by atoms with Gasteiger partial charge in [0, 0.05) is 6.54 Å². The van der Waals surface area contributed by atoms with Crippen LogP contribution in [0.2, 0.25) is 0 Å². The Morgan fingerprint density at radius 3 is 2.70 bits per heavy atom. The van der Waals surface area contributed by atoms with Crippen LogP contribution < -0.4 is 15.5 Å². The van der Waals surface area contributed by atoms with E-state index >= 15 is 0 Å². The Morgan fingerprint density at radius 2 is 1.93 bits per heavy atom. The Hall–Kier alpha value is -2.64. The zero-order chi connectivity index (χ0) is 21.3. The second-order valence-corrected chi connectivity index (χ2v) is 8.37. The zero-order valence-electron chi connectivity index (χ0n) is 17.2. The Balaban J connectivity index is 1.55. The van der Waals surface area contributed by atoms with Crippen molar-refractivity contribution in [3.05, 3.63) is 63.3 Å². The van der Waals surface area contributed by atoms with Crippen LogP contribution in [-0.2, 0) is 17.6 Å². The van der Waals surface area contributed by atoms with E-state index in [0.717, 1.165) is 47.3 Å². The van der Waals surface area contributed by atoms with Crippen LogP contribution in [0.15, 0.2) is 47.3 Å². The summed E-state index contributed by atoms with van der Waals surface area (Å²) < 4.78 is 0.777. The topological polar surface area (TPSA) is 94.2 Å². The molecule has 0 aliphatic heterocycles. The number of benzene rings is 2. The average molecular weight is 428 g/mol. The second kappa shape index (κ2) is 10.9. The quantitative estimate of drug-likeness (QED) is 0.377. The summed E-state index contributed by atoms with van der Waals surface area (Å²) in [6, 6.07) is 13.3. The number of nitrogens with one attached hydrogen (secondary N) is 3. The van der Waals surface area contributed by atoms with Gasteiger partial charge < -0.3 is 20.7 Å². The molecule has 0 spiro atoms. The van der Waals surface area contributed by atoms with Crippen molar-refractivity contribution in [2.24, 2.45) is 0 Å². The van der Waals surface area contributed by atoms with Gasteiger partial charge in [0.05, 0.1) is 10.7 Å². The minimum Gasteiger partial charge on any atom is -0.506 e. The fourth-order valence-corrected chi connectivity index (χ4v) is 4.38. The molecule has 0 aliphatic carbocycles. The monoisotopic (exact) mass is 427 g/mol. The number of amides is 1. The summed E-state index contributed by atoms with van der Waals surface area (Å²) in [5.74, 6) is 0.111. The SMILES string of the molecule is CCCCC(NCCc1ccc(O)c2[nH]c(=O)sc12)C(=O)NCCc1ccccc1. The molecular weight excluding hydrogens is 398 g/mol. The molecule has 6 nitrogen and oxygen atoms in total. The maximum absolute atomic E-state index is 12.7. The molecular formula is C23H29N3O3S. The van der Waals surface area contributed by atoms with Crippen LogP contribution in [-0.4, -0.2) is 35.1 Å². The third kappa shape index (κ3) is 5.93. The number of unbranched alkanes of at least 4 members (excludes halogenated alkanes) is 1. The van der Waals surface area contributed by atoms with Crippen molar-refractivity contribution >= 4 is 27.5 Å². The largest absolute Gasteiger partial charge is 0.506 e.